The smallest absolute Gasteiger partial charge is 0.0472 e. The van der Waals surface area contributed by atoms with Gasteiger partial charge >= 0.3 is 0 Å². The van der Waals surface area contributed by atoms with E-state index in [1.807, 2.05) is 13.8 Å². The van der Waals surface area contributed by atoms with Crippen LogP contribution < -0.4 is 11.5 Å². The van der Waals surface area contributed by atoms with Gasteiger partial charge in [0.2, 0.25) is 0 Å². The molecule has 0 radical (unpaired) electrons. The first-order chi connectivity index (χ1) is 5.83. The zero-order valence-corrected chi connectivity index (χ0v) is 8.31. The first-order valence-electron chi connectivity index (χ1n) is 4.81. The van der Waals surface area contributed by atoms with E-state index in [0.29, 0.717) is 13.1 Å². The molecule has 3 nitrogen and oxygen atoms in total. The van der Waals surface area contributed by atoms with Crippen LogP contribution in [0.5, 0.6) is 0 Å². The number of nitrogens with two attached hydrogens (primary N) is 2. The Kier molecular flexibility index (Phi) is 6.34. The maximum Gasteiger partial charge on any atom is 0.0472 e. The van der Waals surface area contributed by atoms with E-state index >= 15 is 0 Å². The number of rotatable bonds is 2. The lowest BCUT2D eigenvalue weighted by Gasteiger charge is -2.34. The van der Waals surface area contributed by atoms with Crippen LogP contribution in [0, 0.1) is 5.41 Å². The summed E-state index contributed by atoms with van der Waals surface area (Å²) in [5.74, 6) is 0. The lowest BCUT2D eigenvalue weighted by atomic mass is 9.80. The molecule has 1 saturated heterocycles. The third-order valence-electron chi connectivity index (χ3n) is 2.42. The minimum atomic E-state index is 0. The van der Waals surface area contributed by atoms with Gasteiger partial charge in [-0.3, -0.25) is 0 Å². The molecule has 4 N–H and O–H groups in total. The Morgan fingerprint density at radius 3 is 1.83 bits per heavy atom. The van der Waals surface area contributed by atoms with Gasteiger partial charge in [-0.25, -0.2) is 0 Å². The molecule has 0 aromatic heterocycles. The molecule has 1 heterocycles. The molecule has 12 heavy (non-hydrogen) atoms. The molecule has 0 aromatic carbocycles. The Labute approximate surface area is 78.4 Å². The van der Waals surface area contributed by atoms with Crippen molar-refractivity contribution < 1.29 is 7.59 Å². The van der Waals surface area contributed by atoms with E-state index in [1.165, 1.54) is 0 Å². The third-order valence-corrected chi connectivity index (χ3v) is 2.42. The molecule has 0 aromatic rings. The van der Waals surface area contributed by atoms with Crippen molar-refractivity contribution in [1.82, 2.24) is 0 Å². The van der Waals surface area contributed by atoms with Crippen molar-refractivity contribution in [3.63, 3.8) is 0 Å². The molecule has 3 heteroatoms. The Hall–Kier alpha value is -0.120. The fraction of sp³-hybridized carbons (Fsp3) is 1.00. The second kappa shape index (κ2) is 6.40. The fourth-order valence-corrected chi connectivity index (χ4v) is 1.30. The van der Waals surface area contributed by atoms with Gasteiger partial charge in [-0.15, -0.1) is 0 Å². The van der Waals surface area contributed by atoms with Crippen LogP contribution in [-0.2, 0) is 4.74 Å². The Morgan fingerprint density at radius 1 is 1.17 bits per heavy atom. The SMILES string of the molecule is CC.NCC1(CN)CCOCC1.[HH].[HH]. The van der Waals surface area contributed by atoms with Crippen LogP contribution in [0.2, 0.25) is 0 Å². The predicted molar refractivity (Wildman–Crippen MR) is 56.2 cm³/mol. The molecular weight excluding hydrogens is 152 g/mol. The van der Waals surface area contributed by atoms with E-state index in [0.717, 1.165) is 26.1 Å². The van der Waals surface area contributed by atoms with Gasteiger partial charge in [0.05, 0.1) is 0 Å². The molecule has 1 rings (SSSR count). The van der Waals surface area contributed by atoms with Crippen molar-refractivity contribution in [2.24, 2.45) is 16.9 Å². The lowest BCUT2D eigenvalue weighted by molar-refractivity contribution is 0.0233. The Balaban J connectivity index is -0.000000284. The van der Waals surface area contributed by atoms with Crippen molar-refractivity contribution in [3.8, 4) is 0 Å². The average Bonchev–Trinajstić information content (AvgIpc) is 2.22. The van der Waals surface area contributed by atoms with Crippen LogP contribution in [0.1, 0.15) is 29.5 Å². The monoisotopic (exact) mass is 178 g/mol. The van der Waals surface area contributed by atoms with Crippen LogP contribution >= 0.6 is 0 Å². The average molecular weight is 178 g/mol. The zero-order valence-electron chi connectivity index (χ0n) is 8.31. The van der Waals surface area contributed by atoms with Crippen molar-refractivity contribution in [1.29, 1.82) is 0 Å². The molecule has 0 spiro atoms. The second-order valence-electron chi connectivity index (χ2n) is 3.02. The fourth-order valence-electron chi connectivity index (χ4n) is 1.30. The van der Waals surface area contributed by atoms with Crippen molar-refractivity contribution in [3.05, 3.63) is 0 Å². The number of hydrogen-bond acceptors (Lipinski definition) is 3. The summed E-state index contributed by atoms with van der Waals surface area (Å²) in [5, 5.41) is 0. The largest absolute Gasteiger partial charge is 0.381 e. The van der Waals surface area contributed by atoms with Crippen molar-refractivity contribution in [2.45, 2.75) is 26.7 Å². The van der Waals surface area contributed by atoms with Crippen molar-refractivity contribution in [2.75, 3.05) is 26.3 Å². The molecule has 0 saturated carbocycles. The number of ether oxygens (including phenoxy) is 1. The Bertz CT molecular complexity index is 103. The van der Waals surface area contributed by atoms with Gasteiger partial charge in [0.15, 0.2) is 0 Å². The summed E-state index contributed by atoms with van der Waals surface area (Å²) < 4.78 is 5.22. The zero-order chi connectivity index (χ0) is 9.45. The summed E-state index contributed by atoms with van der Waals surface area (Å²) >= 11 is 0. The molecule has 0 bridgehead atoms. The van der Waals surface area contributed by atoms with Crippen LogP contribution in [0.25, 0.3) is 0 Å². The molecule has 0 atom stereocenters. The molecule has 0 unspecified atom stereocenters. The summed E-state index contributed by atoms with van der Waals surface area (Å²) in [6.45, 7) is 7.06. The van der Waals surface area contributed by atoms with E-state index in [-0.39, 0.29) is 8.27 Å². The summed E-state index contributed by atoms with van der Waals surface area (Å²) in [5.41, 5.74) is 11.4. The standard InChI is InChI=1S/C7H16N2O.C2H6.2H2/c8-5-7(6-9)1-3-10-4-2-7;1-2;;/h1-6,8-9H2;1-2H3;2*1H. The van der Waals surface area contributed by atoms with Gasteiger partial charge in [0.25, 0.3) is 0 Å². The lowest BCUT2D eigenvalue weighted by Crippen LogP contribution is -2.42. The van der Waals surface area contributed by atoms with E-state index in [1.54, 1.807) is 0 Å². The van der Waals surface area contributed by atoms with Gasteiger partial charge in [-0.2, -0.15) is 0 Å². The molecule has 1 fully saturated rings. The minimum absolute atomic E-state index is 0. The summed E-state index contributed by atoms with van der Waals surface area (Å²) in [6, 6.07) is 0. The van der Waals surface area contributed by atoms with E-state index in [2.05, 4.69) is 0 Å². The van der Waals surface area contributed by atoms with Gasteiger partial charge in [-0.1, -0.05) is 13.8 Å². The van der Waals surface area contributed by atoms with E-state index in [4.69, 9.17) is 16.2 Å². The normalized spacial score (nSPS) is 21.0. The number of hydrogen-bond donors (Lipinski definition) is 2. The maximum absolute atomic E-state index is 5.61. The van der Waals surface area contributed by atoms with Gasteiger partial charge in [-0.05, 0) is 31.3 Å². The highest BCUT2D eigenvalue weighted by Gasteiger charge is 2.29. The maximum atomic E-state index is 5.61. The highest BCUT2D eigenvalue weighted by molar-refractivity contribution is 4.83. The first kappa shape index (κ1) is 11.9. The van der Waals surface area contributed by atoms with Crippen molar-refractivity contribution >= 4 is 0 Å². The van der Waals surface area contributed by atoms with Gasteiger partial charge in [0, 0.05) is 16.1 Å². The van der Waals surface area contributed by atoms with Gasteiger partial charge in [0.1, 0.15) is 0 Å². The topological polar surface area (TPSA) is 61.3 Å². The molecular formula is C9H26N2O. The summed E-state index contributed by atoms with van der Waals surface area (Å²) in [7, 11) is 0. The first-order valence-corrected chi connectivity index (χ1v) is 4.81. The summed E-state index contributed by atoms with van der Waals surface area (Å²) in [6.07, 6.45) is 2.06. The summed E-state index contributed by atoms with van der Waals surface area (Å²) in [4.78, 5) is 0. The minimum Gasteiger partial charge on any atom is -0.381 e. The van der Waals surface area contributed by atoms with Crippen LogP contribution in [0.15, 0.2) is 0 Å². The highest BCUT2D eigenvalue weighted by Crippen LogP contribution is 2.27. The molecule has 0 aliphatic carbocycles. The molecule has 1 aliphatic rings. The molecule has 1 aliphatic heterocycles. The van der Waals surface area contributed by atoms with Crippen LogP contribution in [0.3, 0.4) is 0 Å². The highest BCUT2D eigenvalue weighted by atomic mass is 16.5. The third kappa shape index (κ3) is 3.09. The van der Waals surface area contributed by atoms with E-state index in [9.17, 15) is 0 Å². The van der Waals surface area contributed by atoms with Crippen LogP contribution in [0.4, 0.5) is 0 Å². The van der Waals surface area contributed by atoms with E-state index < -0.39 is 0 Å². The second-order valence-corrected chi connectivity index (χ2v) is 3.02. The Morgan fingerprint density at radius 2 is 1.58 bits per heavy atom. The quantitative estimate of drug-likeness (QED) is 0.668. The molecule has 78 valence electrons. The van der Waals surface area contributed by atoms with Gasteiger partial charge < -0.3 is 16.2 Å². The molecule has 0 amide bonds. The predicted octanol–water partition coefficient (Wildman–Crippen LogP) is 1.22. The van der Waals surface area contributed by atoms with Crippen LogP contribution in [-0.4, -0.2) is 26.3 Å².